The predicted octanol–water partition coefficient (Wildman–Crippen LogP) is 4.11. The summed E-state index contributed by atoms with van der Waals surface area (Å²) in [6, 6.07) is 16.5. The number of hydrogen-bond donors (Lipinski definition) is 0. The van der Waals surface area contributed by atoms with Crippen molar-refractivity contribution in [3.8, 4) is 11.1 Å². The number of halogens is 1. The number of carbonyl (C=O) groups is 1. The van der Waals surface area contributed by atoms with Crippen molar-refractivity contribution < 1.29 is 9.18 Å². The number of benzene rings is 2. The Balaban J connectivity index is 1.39. The molecular formula is C25H24FN5O. The molecule has 2 aromatic heterocycles. The third-order valence-electron chi connectivity index (χ3n) is 6.11. The quantitative estimate of drug-likeness (QED) is 0.492. The van der Waals surface area contributed by atoms with Gasteiger partial charge in [0, 0.05) is 43.6 Å². The van der Waals surface area contributed by atoms with Gasteiger partial charge in [-0.15, -0.1) is 0 Å². The second-order valence-corrected chi connectivity index (χ2v) is 8.07. The van der Waals surface area contributed by atoms with Gasteiger partial charge in [-0.25, -0.2) is 13.9 Å². The SMILES string of the molecule is Cc1nn2c(C)c(C(=O)N3CCN(c4ccc(F)cc4)CC3)cnc2c1-c1ccccc1. The highest BCUT2D eigenvalue weighted by Crippen LogP contribution is 2.28. The molecule has 1 aliphatic heterocycles. The van der Waals surface area contributed by atoms with Gasteiger partial charge in [0.25, 0.3) is 5.91 Å². The maximum Gasteiger partial charge on any atom is 0.257 e. The first-order valence-corrected chi connectivity index (χ1v) is 10.7. The summed E-state index contributed by atoms with van der Waals surface area (Å²) in [6.07, 6.45) is 1.67. The van der Waals surface area contributed by atoms with Crippen molar-refractivity contribution >= 4 is 17.2 Å². The molecule has 0 aliphatic carbocycles. The Morgan fingerprint density at radius 1 is 0.938 bits per heavy atom. The van der Waals surface area contributed by atoms with Gasteiger partial charge in [-0.1, -0.05) is 30.3 Å². The lowest BCUT2D eigenvalue weighted by molar-refractivity contribution is 0.0745. The van der Waals surface area contributed by atoms with Crippen LogP contribution < -0.4 is 4.90 Å². The molecule has 0 spiro atoms. The first kappa shape index (κ1) is 20.2. The number of fused-ring (bicyclic) bond motifs is 1. The third-order valence-corrected chi connectivity index (χ3v) is 6.11. The van der Waals surface area contributed by atoms with E-state index in [1.807, 2.05) is 49.1 Å². The smallest absolute Gasteiger partial charge is 0.257 e. The highest BCUT2D eigenvalue weighted by Gasteiger charge is 2.25. The Kier molecular flexibility index (Phi) is 5.09. The fraction of sp³-hybridized carbons (Fsp3) is 0.240. The minimum atomic E-state index is -0.245. The van der Waals surface area contributed by atoms with Crippen LogP contribution >= 0.6 is 0 Å². The average molecular weight is 429 g/mol. The van der Waals surface area contributed by atoms with E-state index in [2.05, 4.69) is 15.0 Å². The zero-order valence-electron chi connectivity index (χ0n) is 18.1. The molecule has 7 heteroatoms. The molecule has 0 atom stereocenters. The molecule has 1 amide bonds. The van der Waals surface area contributed by atoms with Gasteiger partial charge in [0.2, 0.25) is 0 Å². The molecule has 0 radical (unpaired) electrons. The van der Waals surface area contributed by atoms with E-state index in [0.717, 1.165) is 33.8 Å². The van der Waals surface area contributed by atoms with E-state index >= 15 is 0 Å². The number of anilines is 1. The number of carbonyl (C=O) groups excluding carboxylic acids is 1. The molecule has 1 fully saturated rings. The first-order chi connectivity index (χ1) is 15.5. The Morgan fingerprint density at radius 3 is 2.31 bits per heavy atom. The number of aromatic nitrogens is 3. The van der Waals surface area contributed by atoms with E-state index in [4.69, 9.17) is 0 Å². The maximum atomic E-state index is 13.3. The zero-order chi connectivity index (χ0) is 22.2. The van der Waals surface area contributed by atoms with E-state index in [-0.39, 0.29) is 11.7 Å². The van der Waals surface area contributed by atoms with Crippen LogP contribution in [0.15, 0.2) is 60.8 Å². The summed E-state index contributed by atoms with van der Waals surface area (Å²) < 4.78 is 15.0. The van der Waals surface area contributed by atoms with E-state index in [0.29, 0.717) is 31.7 Å². The standard InChI is InChI=1S/C25H24FN5O/c1-17-23(19-6-4-3-5-7-19)24-27-16-22(18(2)31(24)28-17)25(32)30-14-12-29(13-15-30)21-10-8-20(26)9-11-21/h3-11,16H,12-15H2,1-2H3. The third kappa shape index (κ3) is 3.49. The number of hydrogen-bond acceptors (Lipinski definition) is 4. The summed E-state index contributed by atoms with van der Waals surface area (Å²) in [5, 5.41) is 4.68. The molecule has 6 nitrogen and oxygen atoms in total. The summed E-state index contributed by atoms with van der Waals surface area (Å²) in [6.45, 7) is 6.48. The summed E-state index contributed by atoms with van der Waals surface area (Å²) in [5.41, 5.74) is 6.00. The van der Waals surface area contributed by atoms with Crippen molar-refractivity contribution in [1.82, 2.24) is 19.5 Å². The maximum absolute atomic E-state index is 13.3. The van der Waals surface area contributed by atoms with Crippen LogP contribution in [0.25, 0.3) is 16.8 Å². The highest BCUT2D eigenvalue weighted by atomic mass is 19.1. The Bertz CT molecular complexity index is 1280. The van der Waals surface area contributed by atoms with Crippen molar-refractivity contribution in [2.75, 3.05) is 31.1 Å². The zero-order valence-corrected chi connectivity index (χ0v) is 18.1. The van der Waals surface area contributed by atoms with Gasteiger partial charge in [0.1, 0.15) is 5.82 Å². The lowest BCUT2D eigenvalue weighted by atomic mass is 10.1. The first-order valence-electron chi connectivity index (χ1n) is 10.7. The van der Waals surface area contributed by atoms with Crippen molar-refractivity contribution in [3.05, 3.63) is 83.6 Å². The van der Waals surface area contributed by atoms with Crippen LogP contribution in [0.5, 0.6) is 0 Å². The van der Waals surface area contributed by atoms with Gasteiger partial charge in [-0.05, 0) is 43.7 Å². The fourth-order valence-electron chi connectivity index (χ4n) is 4.34. The molecule has 0 unspecified atom stereocenters. The van der Waals surface area contributed by atoms with E-state index < -0.39 is 0 Å². The summed E-state index contributed by atoms with van der Waals surface area (Å²) >= 11 is 0. The van der Waals surface area contributed by atoms with E-state index in [1.165, 1.54) is 12.1 Å². The molecule has 0 saturated carbocycles. The summed E-state index contributed by atoms with van der Waals surface area (Å²) in [7, 11) is 0. The summed E-state index contributed by atoms with van der Waals surface area (Å²) in [4.78, 5) is 21.9. The Morgan fingerprint density at radius 2 is 1.62 bits per heavy atom. The predicted molar refractivity (Wildman–Crippen MR) is 122 cm³/mol. The van der Waals surface area contributed by atoms with Crippen molar-refractivity contribution in [3.63, 3.8) is 0 Å². The van der Waals surface area contributed by atoms with Crippen LogP contribution in [0.3, 0.4) is 0 Å². The molecule has 5 rings (SSSR count). The lowest BCUT2D eigenvalue weighted by Gasteiger charge is -2.36. The number of nitrogens with zero attached hydrogens (tertiary/aromatic N) is 5. The van der Waals surface area contributed by atoms with Crippen LogP contribution in [-0.4, -0.2) is 51.6 Å². The van der Waals surface area contributed by atoms with Crippen molar-refractivity contribution in [2.45, 2.75) is 13.8 Å². The van der Waals surface area contributed by atoms with Gasteiger partial charge in [-0.2, -0.15) is 5.10 Å². The van der Waals surface area contributed by atoms with Gasteiger partial charge in [0.15, 0.2) is 5.65 Å². The topological polar surface area (TPSA) is 53.7 Å². The molecule has 0 bridgehead atoms. The molecule has 3 heterocycles. The largest absolute Gasteiger partial charge is 0.368 e. The van der Waals surface area contributed by atoms with Crippen LogP contribution in [0.2, 0.25) is 0 Å². The second-order valence-electron chi connectivity index (χ2n) is 8.07. The highest BCUT2D eigenvalue weighted by molar-refractivity contribution is 5.96. The monoisotopic (exact) mass is 429 g/mol. The molecule has 0 N–H and O–H groups in total. The minimum absolute atomic E-state index is 0.0370. The molecule has 2 aromatic carbocycles. The van der Waals surface area contributed by atoms with Crippen molar-refractivity contribution in [1.29, 1.82) is 0 Å². The van der Waals surface area contributed by atoms with Gasteiger partial charge < -0.3 is 9.80 Å². The fourth-order valence-corrected chi connectivity index (χ4v) is 4.34. The number of rotatable bonds is 3. The van der Waals surface area contributed by atoms with Crippen LogP contribution in [0.1, 0.15) is 21.7 Å². The number of amides is 1. The van der Waals surface area contributed by atoms with Crippen LogP contribution in [-0.2, 0) is 0 Å². The number of piperazine rings is 1. The molecule has 1 saturated heterocycles. The molecule has 32 heavy (non-hydrogen) atoms. The Hall–Kier alpha value is -3.74. The van der Waals surface area contributed by atoms with Crippen LogP contribution in [0.4, 0.5) is 10.1 Å². The van der Waals surface area contributed by atoms with Crippen molar-refractivity contribution in [2.24, 2.45) is 0 Å². The van der Waals surface area contributed by atoms with Crippen LogP contribution in [0, 0.1) is 19.7 Å². The van der Waals surface area contributed by atoms with Gasteiger partial charge in [0.05, 0.1) is 17.0 Å². The molecule has 1 aliphatic rings. The molecule has 162 valence electrons. The normalized spacial score (nSPS) is 14.2. The summed E-state index contributed by atoms with van der Waals surface area (Å²) in [5.74, 6) is -0.282. The average Bonchev–Trinajstić information content (AvgIpc) is 3.17. The molecular weight excluding hydrogens is 405 g/mol. The van der Waals surface area contributed by atoms with E-state index in [9.17, 15) is 9.18 Å². The lowest BCUT2D eigenvalue weighted by Crippen LogP contribution is -2.49. The molecule has 4 aromatic rings. The van der Waals surface area contributed by atoms with Gasteiger partial charge >= 0.3 is 0 Å². The van der Waals surface area contributed by atoms with E-state index in [1.54, 1.807) is 22.8 Å². The second kappa shape index (κ2) is 8.07. The minimum Gasteiger partial charge on any atom is -0.368 e. The Labute approximate surface area is 185 Å². The van der Waals surface area contributed by atoms with Gasteiger partial charge in [-0.3, -0.25) is 4.79 Å². The number of aryl methyl sites for hydroxylation is 2.